The van der Waals surface area contributed by atoms with Crippen molar-refractivity contribution in [1.82, 2.24) is 20.8 Å². The number of aryl methyl sites for hydroxylation is 1. The number of hydrogen-bond acceptors (Lipinski definition) is 8. The number of amides is 2. The number of morpholine rings is 1. The molecule has 2 aromatic rings. The molecule has 1 aliphatic heterocycles. The molecule has 1 saturated heterocycles. The van der Waals surface area contributed by atoms with Crippen molar-refractivity contribution in [2.75, 3.05) is 31.2 Å². The molecule has 2 aromatic heterocycles. The number of nitrogens with one attached hydrogen (secondary N) is 2. The Morgan fingerprint density at radius 2 is 2.00 bits per heavy atom. The third-order valence-corrected chi connectivity index (χ3v) is 4.95. The first kappa shape index (κ1) is 15.8. The third kappa shape index (κ3) is 3.84. The molecule has 0 unspecified atom stereocenters. The first-order valence-electron chi connectivity index (χ1n) is 6.95. The number of carbonyl (C=O) groups is 2. The highest BCUT2D eigenvalue weighted by atomic mass is 32.1. The summed E-state index contributed by atoms with van der Waals surface area (Å²) in [6, 6.07) is 0. The van der Waals surface area contributed by atoms with Crippen molar-refractivity contribution in [3.63, 3.8) is 0 Å². The van der Waals surface area contributed by atoms with Gasteiger partial charge in [0.25, 0.3) is 11.8 Å². The number of thiazole rings is 2. The maximum absolute atomic E-state index is 12.0. The van der Waals surface area contributed by atoms with Crippen molar-refractivity contribution in [2.24, 2.45) is 0 Å². The fraction of sp³-hybridized carbons (Fsp3) is 0.385. The second kappa shape index (κ2) is 7.02. The molecule has 2 N–H and O–H groups in total. The van der Waals surface area contributed by atoms with Gasteiger partial charge in [-0.25, -0.2) is 9.97 Å². The Labute approximate surface area is 140 Å². The van der Waals surface area contributed by atoms with Crippen LogP contribution in [0.15, 0.2) is 11.6 Å². The molecular formula is C13H15N5O3S2. The molecule has 0 aliphatic carbocycles. The highest BCUT2D eigenvalue weighted by Crippen LogP contribution is 2.21. The predicted octanol–water partition coefficient (Wildman–Crippen LogP) is 0.819. The fourth-order valence-electron chi connectivity index (χ4n) is 1.97. The van der Waals surface area contributed by atoms with Crippen molar-refractivity contribution in [3.8, 4) is 0 Å². The maximum Gasteiger partial charge on any atom is 0.289 e. The number of ether oxygens (including phenoxy) is 1. The van der Waals surface area contributed by atoms with E-state index in [-0.39, 0.29) is 5.69 Å². The molecule has 8 nitrogen and oxygen atoms in total. The molecule has 0 spiro atoms. The highest BCUT2D eigenvalue weighted by Gasteiger charge is 2.18. The molecule has 3 rings (SSSR count). The van der Waals surface area contributed by atoms with Crippen LogP contribution in [0.2, 0.25) is 0 Å². The zero-order valence-corrected chi connectivity index (χ0v) is 14.0. The summed E-state index contributed by atoms with van der Waals surface area (Å²) >= 11 is 2.66. The van der Waals surface area contributed by atoms with Gasteiger partial charge in [-0.2, -0.15) is 0 Å². The molecule has 0 radical (unpaired) electrons. The Bertz CT molecular complexity index is 708. The summed E-state index contributed by atoms with van der Waals surface area (Å²) in [6.45, 7) is 4.64. The molecule has 3 heterocycles. The summed E-state index contributed by atoms with van der Waals surface area (Å²) in [6.07, 6.45) is 1.47. The van der Waals surface area contributed by atoms with Crippen LogP contribution >= 0.6 is 22.7 Å². The number of nitrogens with zero attached hydrogens (tertiary/aromatic N) is 3. The maximum atomic E-state index is 12.0. The summed E-state index contributed by atoms with van der Waals surface area (Å²) in [4.78, 5) is 34.7. The lowest BCUT2D eigenvalue weighted by Crippen LogP contribution is -2.41. The van der Waals surface area contributed by atoms with E-state index < -0.39 is 11.8 Å². The van der Waals surface area contributed by atoms with Gasteiger partial charge < -0.3 is 9.64 Å². The van der Waals surface area contributed by atoms with Crippen LogP contribution in [0.1, 0.15) is 25.2 Å². The first-order chi connectivity index (χ1) is 11.1. The average Bonchev–Trinajstić information content (AvgIpc) is 3.22. The van der Waals surface area contributed by atoms with Crippen LogP contribution in [0.25, 0.3) is 0 Å². The Morgan fingerprint density at radius 1 is 1.26 bits per heavy atom. The SMILES string of the molecule is Cc1ncc(C(=O)NNC(=O)c2csc(N3CCOCC3)n2)s1. The molecule has 1 fully saturated rings. The minimum atomic E-state index is -0.449. The normalized spacial score (nSPS) is 14.6. The lowest BCUT2D eigenvalue weighted by atomic mass is 10.4. The molecule has 2 amide bonds. The van der Waals surface area contributed by atoms with Gasteiger partial charge in [0, 0.05) is 18.5 Å². The average molecular weight is 353 g/mol. The van der Waals surface area contributed by atoms with Gasteiger partial charge in [-0.1, -0.05) is 0 Å². The van der Waals surface area contributed by atoms with Gasteiger partial charge >= 0.3 is 0 Å². The Kier molecular flexibility index (Phi) is 4.84. The van der Waals surface area contributed by atoms with Crippen molar-refractivity contribution >= 4 is 39.6 Å². The number of carbonyl (C=O) groups excluding carboxylic acids is 2. The molecule has 1 aliphatic rings. The Hall–Kier alpha value is -2.04. The second-order valence-electron chi connectivity index (χ2n) is 4.77. The van der Waals surface area contributed by atoms with Crippen LogP contribution < -0.4 is 15.8 Å². The summed E-state index contributed by atoms with van der Waals surface area (Å²) in [5.41, 5.74) is 5.00. The van der Waals surface area contributed by atoms with Crippen LogP contribution in [0.4, 0.5) is 5.13 Å². The van der Waals surface area contributed by atoms with Gasteiger partial charge in [-0.15, -0.1) is 22.7 Å². The topological polar surface area (TPSA) is 96.5 Å². The van der Waals surface area contributed by atoms with Crippen LogP contribution in [-0.4, -0.2) is 48.1 Å². The molecule has 0 aromatic carbocycles. The lowest BCUT2D eigenvalue weighted by molar-refractivity contribution is 0.0846. The molecule has 10 heteroatoms. The molecular weight excluding hydrogens is 338 g/mol. The van der Waals surface area contributed by atoms with E-state index in [1.54, 1.807) is 5.38 Å². The van der Waals surface area contributed by atoms with E-state index in [2.05, 4.69) is 25.7 Å². The van der Waals surface area contributed by atoms with Crippen molar-refractivity contribution in [3.05, 3.63) is 27.2 Å². The fourth-order valence-corrected chi connectivity index (χ4v) is 3.51. The molecule has 23 heavy (non-hydrogen) atoms. The number of aromatic nitrogens is 2. The Morgan fingerprint density at radius 3 is 2.70 bits per heavy atom. The quantitative estimate of drug-likeness (QED) is 0.793. The van der Waals surface area contributed by atoms with Crippen LogP contribution in [-0.2, 0) is 4.74 Å². The number of hydrogen-bond donors (Lipinski definition) is 2. The summed E-state index contributed by atoms with van der Waals surface area (Å²) in [7, 11) is 0. The van der Waals surface area contributed by atoms with E-state index in [0.29, 0.717) is 18.1 Å². The van der Waals surface area contributed by atoms with Crippen molar-refractivity contribution in [1.29, 1.82) is 0 Å². The molecule has 0 saturated carbocycles. The van der Waals surface area contributed by atoms with Crippen LogP contribution in [0, 0.1) is 6.92 Å². The standard InChI is InChI=1S/C13H15N5O3S2/c1-8-14-6-10(23-8)12(20)17-16-11(19)9-7-22-13(15-9)18-2-4-21-5-3-18/h6-7H,2-5H2,1H3,(H,16,19)(H,17,20). The van der Waals surface area contributed by atoms with Gasteiger partial charge in [-0.05, 0) is 6.92 Å². The minimum Gasteiger partial charge on any atom is -0.378 e. The lowest BCUT2D eigenvalue weighted by Gasteiger charge is -2.25. The number of rotatable bonds is 3. The minimum absolute atomic E-state index is 0.275. The smallest absolute Gasteiger partial charge is 0.289 e. The highest BCUT2D eigenvalue weighted by molar-refractivity contribution is 7.14. The predicted molar refractivity (Wildman–Crippen MR) is 86.9 cm³/mol. The van der Waals surface area contributed by atoms with Crippen LogP contribution in [0.3, 0.4) is 0 Å². The van der Waals surface area contributed by atoms with E-state index in [1.807, 2.05) is 6.92 Å². The molecule has 0 bridgehead atoms. The zero-order chi connectivity index (χ0) is 16.2. The number of hydrazine groups is 1. The second-order valence-corrected chi connectivity index (χ2v) is 6.84. The van der Waals surface area contributed by atoms with E-state index in [9.17, 15) is 9.59 Å². The van der Waals surface area contributed by atoms with Gasteiger partial charge in [-0.3, -0.25) is 20.4 Å². The zero-order valence-electron chi connectivity index (χ0n) is 12.4. The number of anilines is 1. The largest absolute Gasteiger partial charge is 0.378 e. The first-order valence-corrected chi connectivity index (χ1v) is 8.64. The van der Waals surface area contributed by atoms with E-state index >= 15 is 0 Å². The molecule has 0 atom stereocenters. The monoisotopic (exact) mass is 353 g/mol. The summed E-state index contributed by atoms with van der Waals surface area (Å²) < 4.78 is 5.29. The van der Waals surface area contributed by atoms with Crippen LogP contribution in [0.5, 0.6) is 0 Å². The summed E-state index contributed by atoms with van der Waals surface area (Å²) in [5, 5.41) is 3.24. The van der Waals surface area contributed by atoms with E-state index in [1.165, 1.54) is 28.9 Å². The summed E-state index contributed by atoms with van der Waals surface area (Å²) in [5.74, 6) is -0.845. The van der Waals surface area contributed by atoms with Crippen molar-refractivity contribution < 1.29 is 14.3 Å². The van der Waals surface area contributed by atoms with Crippen molar-refractivity contribution in [2.45, 2.75) is 6.92 Å². The van der Waals surface area contributed by atoms with E-state index in [0.717, 1.165) is 23.2 Å². The van der Waals surface area contributed by atoms with Gasteiger partial charge in [0.1, 0.15) is 10.6 Å². The van der Waals surface area contributed by atoms with Gasteiger partial charge in [0.05, 0.1) is 24.4 Å². The molecule has 122 valence electrons. The van der Waals surface area contributed by atoms with Gasteiger partial charge in [0.2, 0.25) is 0 Å². The van der Waals surface area contributed by atoms with Gasteiger partial charge in [0.15, 0.2) is 5.13 Å². The Balaban J connectivity index is 1.56. The van der Waals surface area contributed by atoms with E-state index in [4.69, 9.17) is 4.74 Å². The third-order valence-electron chi connectivity index (χ3n) is 3.14.